The SMILES string of the molecule is NCCn1cc(-c2cnc3ccc(-c4nc[nH]c4-c4cc(Cl)c(F)cc4F)nc3c2)cn1. The predicted molar refractivity (Wildman–Crippen MR) is 118 cm³/mol. The number of nitrogens with one attached hydrogen (secondary N) is 1. The number of aromatic amines is 1. The van der Waals surface area contributed by atoms with Crippen LogP contribution in [0.15, 0.2) is 55.2 Å². The molecule has 0 saturated heterocycles. The van der Waals surface area contributed by atoms with Crippen LogP contribution in [0.2, 0.25) is 5.02 Å². The largest absolute Gasteiger partial charge is 0.344 e. The molecular formula is C22H16ClF2N7. The molecule has 0 fully saturated rings. The summed E-state index contributed by atoms with van der Waals surface area (Å²) in [6, 6.07) is 7.43. The number of halogens is 3. The first kappa shape index (κ1) is 20.2. The van der Waals surface area contributed by atoms with Crippen molar-refractivity contribution in [2.24, 2.45) is 5.73 Å². The lowest BCUT2D eigenvalue weighted by Crippen LogP contribution is -2.09. The highest BCUT2D eigenvalue weighted by molar-refractivity contribution is 6.31. The number of hydrogen-bond acceptors (Lipinski definition) is 5. The number of nitrogens with zero attached hydrogens (tertiary/aromatic N) is 5. The minimum Gasteiger partial charge on any atom is -0.344 e. The summed E-state index contributed by atoms with van der Waals surface area (Å²) in [5.41, 5.74) is 10.0. The number of rotatable bonds is 5. The number of hydrogen-bond donors (Lipinski definition) is 2. The summed E-state index contributed by atoms with van der Waals surface area (Å²) in [6.07, 6.45) is 6.82. The van der Waals surface area contributed by atoms with Crippen molar-refractivity contribution in [1.29, 1.82) is 0 Å². The van der Waals surface area contributed by atoms with Crippen LogP contribution in [0.4, 0.5) is 8.78 Å². The van der Waals surface area contributed by atoms with Gasteiger partial charge in [-0.2, -0.15) is 5.10 Å². The molecule has 0 atom stereocenters. The molecule has 7 nitrogen and oxygen atoms in total. The van der Waals surface area contributed by atoms with Gasteiger partial charge in [-0.1, -0.05) is 11.6 Å². The Balaban J connectivity index is 1.57. The van der Waals surface area contributed by atoms with Gasteiger partial charge in [-0.3, -0.25) is 9.67 Å². The van der Waals surface area contributed by atoms with Crippen LogP contribution < -0.4 is 5.73 Å². The minimum atomic E-state index is -0.828. The zero-order chi connectivity index (χ0) is 22.2. The zero-order valence-corrected chi connectivity index (χ0v) is 17.3. The number of pyridine rings is 2. The van der Waals surface area contributed by atoms with Gasteiger partial charge in [0.15, 0.2) is 0 Å². The molecule has 0 radical (unpaired) electrons. The van der Waals surface area contributed by atoms with Crippen molar-refractivity contribution in [1.82, 2.24) is 29.7 Å². The number of aromatic nitrogens is 6. The van der Waals surface area contributed by atoms with Gasteiger partial charge in [-0.25, -0.2) is 18.7 Å². The normalized spacial score (nSPS) is 11.4. The van der Waals surface area contributed by atoms with Crippen molar-refractivity contribution in [3.8, 4) is 33.8 Å². The second-order valence-electron chi connectivity index (χ2n) is 7.11. The Hall–Kier alpha value is -3.69. The molecule has 160 valence electrons. The maximum Gasteiger partial charge on any atom is 0.144 e. The van der Waals surface area contributed by atoms with E-state index in [1.807, 2.05) is 18.3 Å². The maximum atomic E-state index is 14.4. The topological polar surface area (TPSA) is 98.3 Å². The van der Waals surface area contributed by atoms with Crippen molar-refractivity contribution >= 4 is 22.6 Å². The number of benzene rings is 1. The van der Waals surface area contributed by atoms with Crippen LogP contribution in [0.5, 0.6) is 0 Å². The zero-order valence-electron chi connectivity index (χ0n) is 16.6. The molecule has 5 aromatic rings. The second-order valence-corrected chi connectivity index (χ2v) is 7.52. The molecular weight excluding hydrogens is 436 g/mol. The molecule has 0 aliphatic rings. The number of nitrogens with two attached hydrogens (primary N) is 1. The Morgan fingerprint density at radius 3 is 2.72 bits per heavy atom. The van der Waals surface area contributed by atoms with Gasteiger partial charge in [-0.15, -0.1) is 0 Å². The molecule has 4 aromatic heterocycles. The Morgan fingerprint density at radius 2 is 1.88 bits per heavy atom. The van der Waals surface area contributed by atoms with E-state index in [2.05, 4.69) is 25.0 Å². The summed E-state index contributed by atoms with van der Waals surface area (Å²) in [5.74, 6) is -1.58. The summed E-state index contributed by atoms with van der Waals surface area (Å²) in [4.78, 5) is 16.4. The van der Waals surface area contributed by atoms with Crippen LogP contribution >= 0.6 is 11.6 Å². The van der Waals surface area contributed by atoms with Gasteiger partial charge in [0.25, 0.3) is 0 Å². The highest BCUT2D eigenvalue weighted by Crippen LogP contribution is 2.33. The van der Waals surface area contributed by atoms with Crippen molar-refractivity contribution in [2.75, 3.05) is 6.54 Å². The van der Waals surface area contributed by atoms with Crippen LogP contribution in [-0.2, 0) is 6.54 Å². The summed E-state index contributed by atoms with van der Waals surface area (Å²) in [5, 5.41) is 4.11. The first-order valence-corrected chi connectivity index (χ1v) is 10.1. The molecule has 3 N–H and O–H groups in total. The molecule has 0 aliphatic heterocycles. The lowest BCUT2D eigenvalue weighted by atomic mass is 10.1. The van der Waals surface area contributed by atoms with E-state index >= 15 is 0 Å². The summed E-state index contributed by atoms with van der Waals surface area (Å²) >= 11 is 5.86. The molecule has 5 rings (SSSR count). The fraction of sp³-hybridized carbons (Fsp3) is 0.0909. The van der Waals surface area contributed by atoms with E-state index in [1.165, 1.54) is 12.4 Å². The van der Waals surface area contributed by atoms with E-state index in [-0.39, 0.29) is 10.6 Å². The summed E-state index contributed by atoms with van der Waals surface area (Å²) < 4.78 is 29.8. The van der Waals surface area contributed by atoms with Gasteiger partial charge in [0, 0.05) is 41.7 Å². The van der Waals surface area contributed by atoms with E-state index in [4.69, 9.17) is 17.3 Å². The first-order valence-electron chi connectivity index (χ1n) is 9.72. The van der Waals surface area contributed by atoms with E-state index in [0.717, 1.165) is 17.2 Å². The van der Waals surface area contributed by atoms with Gasteiger partial charge >= 0.3 is 0 Å². The number of H-pyrrole nitrogens is 1. The third kappa shape index (κ3) is 3.61. The monoisotopic (exact) mass is 451 g/mol. The Labute approximate surface area is 185 Å². The quantitative estimate of drug-likeness (QED) is 0.385. The average molecular weight is 452 g/mol. The van der Waals surface area contributed by atoms with E-state index in [0.29, 0.717) is 41.2 Å². The molecule has 0 amide bonds. The fourth-order valence-electron chi connectivity index (χ4n) is 3.47. The average Bonchev–Trinajstić information content (AvgIpc) is 3.46. The van der Waals surface area contributed by atoms with Crippen molar-refractivity contribution < 1.29 is 8.78 Å². The number of imidazole rings is 1. The molecule has 1 aromatic carbocycles. The molecule has 0 aliphatic carbocycles. The van der Waals surface area contributed by atoms with Crippen LogP contribution in [0.25, 0.3) is 44.8 Å². The molecule has 10 heteroatoms. The lowest BCUT2D eigenvalue weighted by Gasteiger charge is -2.07. The van der Waals surface area contributed by atoms with Crippen molar-refractivity contribution in [3.05, 3.63) is 71.9 Å². The standard InChI is InChI=1S/C22H16ClF2N7/c23-15-6-14(16(24)7-17(15)25)21-22(29-11-28-21)19-2-1-18-20(31-19)5-12(8-27-18)13-9-30-32(10-13)4-3-26/h1-2,5-11H,3-4,26H2,(H,28,29). The van der Waals surface area contributed by atoms with Gasteiger partial charge in [0.2, 0.25) is 0 Å². The predicted octanol–water partition coefficient (Wildman–Crippen LogP) is 4.44. The number of fused-ring (bicyclic) bond motifs is 1. The van der Waals surface area contributed by atoms with Crippen molar-refractivity contribution in [3.63, 3.8) is 0 Å². The lowest BCUT2D eigenvalue weighted by molar-refractivity contribution is 0.585. The van der Waals surface area contributed by atoms with E-state index in [9.17, 15) is 8.78 Å². The minimum absolute atomic E-state index is 0.102. The third-order valence-corrected chi connectivity index (χ3v) is 5.31. The molecule has 0 bridgehead atoms. The third-order valence-electron chi connectivity index (χ3n) is 5.02. The molecule has 4 heterocycles. The van der Waals surface area contributed by atoms with Gasteiger partial charge < -0.3 is 10.7 Å². The summed E-state index contributed by atoms with van der Waals surface area (Å²) in [7, 11) is 0. The van der Waals surface area contributed by atoms with Crippen molar-refractivity contribution in [2.45, 2.75) is 6.54 Å². The highest BCUT2D eigenvalue weighted by Gasteiger charge is 2.18. The van der Waals surface area contributed by atoms with Crippen LogP contribution in [0.3, 0.4) is 0 Å². The fourth-order valence-corrected chi connectivity index (χ4v) is 3.64. The summed E-state index contributed by atoms with van der Waals surface area (Å²) in [6.45, 7) is 1.11. The van der Waals surface area contributed by atoms with E-state index < -0.39 is 11.6 Å². The van der Waals surface area contributed by atoms with Gasteiger partial charge in [0.05, 0.1) is 46.5 Å². The van der Waals surface area contributed by atoms with Crippen LogP contribution in [0, 0.1) is 11.6 Å². The van der Waals surface area contributed by atoms with Crippen LogP contribution in [0.1, 0.15) is 0 Å². The van der Waals surface area contributed by atoms with Gasteiger partial charge in [-0.05, 0) is 24.3 Å². The highest BCUT2D eigenvalue weighted by atomic mass is 35.5. The Kier molecular flexibility index (Phi) is 5.12. The second kappa shape index (κ2) is 8.10. The Morgan fingerprint density at radius 1 is 1.00 bits per heavy atom. The van der Waals surface area contributed by atoms with Gasteiger partial charge in [0.1, 0.15) is 17.3 Å². The smallest absolute Gasteiger partial charge is 0.144 e. The molecule has 0 unspecified atom stereocenters. The Bertz CT molecular complexity index is 1440. The maximum absolute atomic E-state index is 14.4. The molecule has 32 heavy (non-hydrogen) atoms. The molecule has 0 saturated carbocycles. The van der Waals surface area contributed by atoms with Crippen LogP contribution in [-0.4, -0.2) is 36.3 Å². The van der Waals surface area contributed by atoms with E-state index in [1.54, 1.807) is 23.1 Å². The molecule has 0 spiro atoms. The first-order chi connectivity index (χ1) is 15.5.